The number of fused-ring (bicyclic) bond motifs is 1. The fourth-order valence-electron chi connectivity index (χ4n) is 1.85. The van der Waals surface area contributed by atoms with Crippen molar-refractivity contribution in [2.75, 3.05) is 6.61 Å². The third-order valence-corrected chi connectivity index (χ3v) is 3.21. The molecular weight excluding hydrogens is 352 g/mol. The van der Waals surface area contributed by atoms with Gasteiger partial charge in [-0.1, -0.05) is 0 Å². The second-order valence-electron chi connectivity index (χ2n) is 3.73. The van der Waals surface area contributed by atoms with Crippen LogP contribution >= 0.6 is 22.6 Å². The molecule has 0 bridgehead atoms. The molecule has 0 aliphatic carbocycles. The van der Waals surface area contributed by atoms with E-state index in [4.69, 9.17) is 5.11 Å². The third kappa shape index (κ3) is 2.17. The van der Waals surface area contributed by atoms with E-state index >= 15 is 0 Å². The maximum Gasteiger partial charge on any atom is 0.200 e. The molecule has 0 unspecified atom stereocenters. The Labute approximate surface area is 115 Å². The number of nitrogens with zero attached hydrogens (tertiary/aromatic N) is 1. The van der Waals surface area contributed by atoms with E-state index in [1.807, 2.05) is 22.6 Å². The van der Waals surface area contributed by atoms with Crippen LogP contribution in [-0.4, -0.2) is 22.6 Å². The van der Waals surface area contributed by atoms with Crippen molar-refractivity contribution in [3.63, 3.8) is 0 Å². The fourth-order valence-corrected chi connectivity index (χ4v) is 2.43. The predicted octanol–water partition coefficient (Wildman–Crippen LogP) is 1.55. The summed E-state index contributed by atoms with van der Waals surface area (Å²) in [6.07, 6.45) is 1.71. The summed E-state index contributed by atoms with van der Waals surface area (Å²) in [4.78, 5) is 22.8. The number of aliphatic hydroxyl groups excluding tert-OH is 1. The van der Waals surface area contributed by atoms with Crippen LogP contribution in [-0.2, 0) is 6.54 Å². The van der Waals surface area contributed by atoms with Gasteiger partial charge in [-0.2, -0.15) is 0 Å². The lowest BCUT2D eigenvalue weighted by molar-refractivity contribution is 0.112. The van der Waals surface area contributed by atoms with E-state index in [2.05, 4.69) is 0 Å². The van der Waals surface area contributed by atoms with E-state index in [0.717, 1.165) is 0 Å². The van der Waals surface area contributed by atoms with Gasteiger partial charge in [0.1, 0.15) is 5.82 Å². The van der Waals surface area contributed by atoms with E-state index in [0.29, 0.717) is 9.86 Å². The van der Waals surface area contributed by atoms with Crippen molar-refractivity contribution >= 4 is 39.8 Å². The molecule has 2 rings (SSSR count). The van der Waals surface area contributed by atoms with Crippen molar-refractivity contribution in [1.29, 1.82) is 0 Å². The number of benzene rings is 1. The number of aldehydes is 1. The van der Waals surface area contributed by atoms with Crippen LogP contribution in [0, 0.1) is 9.39 Å². The molecule has 1 aromatic heterocycles. The minimum atomic E-state index is -0.542. The van der Waals surface area contributed by atoms with Crippen LogP contribution in [0.2, 0.25) is 0 Å². The zero-order valence-corrected chi connectivity index (χ0v) is 11.3. The standard InChI is InChI=1S/C12H9FINO3/c13-10-4-8(14)3-9-11(10)15(1-2-16)5-7(6-17)12(9)18/h3-6,16H,1-2H2. The molecule has 0 aliphatic rings. The molecule has 94 valence electrons. The van der Waals surface area contributed by atoms with Crippen LogP contribution in [0.3, 0.4) is 0 Å². The molecule has 0 saturated carbocycles. The Bertz CT molecular complexity index is 681. The van der Waals surface area contributed by atoms with Gasteiger partial charge in [0, 0.05) is 16.3 Å². The van der Waals surface area contributed by atoms with Crippen LogP contribution in [0.25, 0.3) is 10.9 Å². The highest BCUT2D eigenvalue weighted by molar-refractivity contribution is 14.1. The largest absolute Gasteiger partial charge is 0.395 e. The first-order valence-electron chi connectivity index (χ1n) is 5.16. The highest BCUT2D eigenvalue weighted by atomic mass is 127. The summed E-state index contributed by atoms with van der Waals surface area (Å²) < 4.78 is 15.9. The van der Waals surface area contributed by atoms with Crippen molar-refractivity contribution in [1.82, 2.24) is 4.57 Å². The second-order valence-corrected chi connectivity index (χ2v) is 4.98. The summed E-state index contributed by atoms with van der Waals surface area (Å²) in [6.45, 7) is -0.0865. The number of rotatable bonds is 3. The lowest BCUT2D eigenvalue weighted by atomic mass is 10.1. The van der Waals surface area contributed by atoms with Gasteiger partial charge in [-0.3, -0.25) is 9.59 Å². The predicted molar refractivity (Wildman–Crippen MR) is 73.4 cm³/mol. The first-order valence-corrected chi connectivity index (χ1v) is 6.24. The number of carbonyl (C=O) groups is 1. The molecule has 0 radical (unpaired) electrons. The molecule has 0 amide bonds. The molecule has 1 aromatic carbocycles. The number of hydrogen-bond donors (Lipinski definition) is 1. The summed E-state index contributed by atoms with van der Waals surface area (Å²) in [7, 11) is 0. The maximum atomic E-state index is 13.9. The van der Waals surface area contributed by atoms with Crippen LogP contribution in [0.15, 0.2) is 23.1 Å². The Morgan fingerprint density at radius 1 is 1.44 bits per heavy atom. The highest BCUT2D eigenvalue weighted by Crippen LogP contribution is 2.19. The van der Waals surface area contributed by atoms with E-state index in [9.17, 15) is 14.0 Å². The molecule has 0 spiro atoms. The number of pyridine rings is 1. The Morgan fingerprint density at radius 2 is 2.17 bits per heavy atom. The smallest absolute Gasteiger partial charge is 0.200 e. The SMILES string of the molecule is O=Cc1cn(CCO)c2c(F)cc(I)cc2c1=O. The first-order chi connectivity index (χ1) is 8.58. The molecule has 0 atom stereocenters. The van der Waals surface area contributed by atoms with E-state index < -0.39 is 11.2 Å². The van der Waals surface area contributed by atoms with Crippen LogP contribution in [0.1, 0.15) is 10.4 Å². The molecule has 0 aliphatic heterocycles. The van der Waals surface area contributed by atoms with Gasteiger partial charge in [0.05, 0.1) is 23.1 Å². The molecule has 18 heavy (non-hydrogen) atoms. The van der Waals surface area contributed by atoms with Crippen LogP contribution < -0.4 is 5.43 Å². The molecular formula is C12H9FINO3. The van der Waals surface area contributed by atoms with Gasteiger partial charge in [-0.05, 0) is 34.7 Å². The van der Waals surface area contributed by atoms with Crippen molar-refractivity contribution in [3.8, 4) is 0 Å². The van der Waals surface area contributed by atoms with Crippen LogP contribution in [0.4, 0.5) is 4.39 Å². The van der Waals surface area contributed by atoms with Crippen molar-refractivity contribution in [2.24, 2.45) is 0 Å². The van der Waals surface area contributed by atoms with Gasteiger partial charge in [0.15, 0.2) is 11.7 Å². The van der Waals surface area contributed by atoms with E-state index in [-0.39, 0.29) is 29.6 Å². The summed E-state index contributed by atoms with van der Waals surface area (Å²) >= 11 is 1.90. The Morgan fingerprint density at radius 3 is 2.78 bits per heavy atom. The third-order valence-electron chi connectivity index (χ3n) is 2.58. The summed E-state index contributed by atoms with van der Waals surface area (Å²) in [5.41, 5.74) is -0.427. The number of hydrogen-bond acceptors (Lipinski definition) is 3. The molecule has 1 N–H and O–H groups in total. The quantitative estimate of drug-likeness (QED) is 0.667. The van der Waals surface area contributed by atoms with Gasteiger partial charge < -0.3 is 9.67 Å². The number of carbonyl (C=O) groups excluding carboxylic acids is 1. The molecule has 2 aromatic rings. The zero-order chi connectivity index (χ0) is 13.3. The fraction of sp³-hybridized carbons (Fsp3) is 0.167. The Balaban J connectivity index is 2.96. The van der Waals surface area contributed by atoms with Gasteiger partial charge in [-0.15, -0.1) is 0 Å². The molecule has 0 fully saturated rings. The minimum absolute atomic E-state index is 0.0441. The monoisotopic (exact) mass is 361 g/mol. The highest BCUT2D eigenvalue weighted by Gasteiger charge is 2.13. The summed E-state index contributed by atoms with van der Waals surface area (Å²) in [5.74, 6) is -0.542. The minimum Gasteiger partial charge on any atom is -0.395 e. The normalized spacial score (nSPS) is 10.8. The summed E-state index contributed by atoms with van der Waals surface area (Å²) in [6, 6.07) is 2.83. The number of halogens is 2. The topological polar surface area (TPSA) is 59.3 Å². The van der Waals surface area contributed by atoms with Crippen molar-refractivity contribution in [3.05, 3.63) is 43.5 Å². The lowest BCUT2D eigenvalue weighted by Crippen LogP contribution is -2.16. The average molecular weight is 361 g/mol. The van der Waals surface area contributed by atoms with E-state index in [1.165, 1.54) is 22.9 Å². The van der Waals surface area contributed by atoms with Gasteiger partial charge >= 0.3 is 0 Å². The lowest BCUT2D eigenvalue weighted by Gasteiger charge is -2.11. The maximum absolute atomic E-state index is 13.9. The second kappa shape index (κ2) is 5.15. The number of aliphatic hydroxyl groups is 1. The van der Waals surface area contributed by atoms with Gasteiger partial charge in [-0.25, -0.2) is 4.39 Å². The molecule has 4 nitrogen and oxygen atoms in total. The zero-order valence-electron chi connectivity index (χ0n) is 9.19. The van der Waals surface area contributed by atoms with Crippen molar-refractivity contribution < 1.29 is 14.3 Å². The van der Waals surface area contributed by atoms with Crippen LogP contribution in [0.5, 0.6) is 0 Å². The van der Waals surface area contributed by atoms with E-state index in [1.54, 1.807) is 0 Å². The van der Waals surface area contributed by atoms with Gasteiger partial charge in [0.25, 0.3) is 0 Å². The summed E-state index contributed by atoms with van der Waals surface area (Å²) in [5, 5.41) is 9.10. The van der Waals surface area contributed by atoms with Crippen molar-refractivity contribution in [2.45, 2.75) is 6.54 Å². The van der Waals surface area contributed by atoms with Gasteiger partial charge in [0.2, 0.25) is 0 Å². The molecule has 6 heteroatoms. The molecule has 1 heterocycles. The Hall–Kier alpha value is -1.28. The molecule has 0 saturated heterocycles. The average Bonchev–Trinajstić information content (AvgIpc) is 2.32. The Kier molecular flexibility index (Phi) is 3.76. The number of aromatic nitrogens is 1. The first kappa shape index (κ1) is 13.2.